The number of hydrogen-bond donors (Lipinski definition) is 2. The van der Waals surface area contributed by atoms with Crippen molar-refractivity contribution in [3.8, 4) is 0 Å². The van der Waals surface area contributed by atoms with Crippen LogP contribution >= 0.6 is 10.2 Å². The first kappa shape index (κ1) is 14.2. The summed E-state index contributed by atoms with van der Waals surface area (Å²) in [6, 6.07) is 0. The molecule has 1 unspecified atom stereocenters. The van der Waals surface area contributed by atoms with E-state index in [1.54, 1.807) is 0 Å². The van der Waals surface area contributed by atoms with Gasteiger partial charge in [-0.15, -0.1) is 10.2 Å². The lowest BCUT2D eigenvalue weighted by molar-refractivity contribution is 0.106. The minimum Gasteiger partial charge on any atom is -0.390 e. The second-order valence-corrected chi connectivity index (χ2v) is 9.17. The van der Waals surface area contributed by atoms with Crippen molar-refractivity contribution in [2.75, 3.05) is 12.8 Å². The molecule has 18 heavy (non-hydrogen) atoms. The van der Waals surface area contributed by atoms with Gasteiger partial charge < -0.3 is 5.11 Å². The summed E-state index contributed by atoms with van der Waals surface area (Å²) < 4.78 is 3.46. The van der Waals surface area contributed by atoms with Crippen LogP contribution in [0.25, 0.3) is 0 Å². The zero-order valence-electron chi connectivity index (χ0n) is 11.9. The average molecular weight is 269 g/mol. The van der Waals surface area contributed by atoms with Gasteiger partial charge in [-0.25, -0.2) is 0 Å². The van der Waals surface area contributed by atoms with Gasteiger partial charge in [0.15, 0.2) is 0 Å². The average Bonchev–Trinajstić information content (AvgIpc) is 2.73. The van der Waals surface area contributed by atoms with Crippen molar-refractivity contribution < 1.29 is 5.11 Å². The highest BCUT2D eigenvalue weighted by molar-refractivity contribution is 8.37. The van der Waals surface area contributed by atoms with Crippen LogP contribution in [0.15, 0.2) is 22.5 Å². The van der Waals surface area contributed by atoms with Gasteiger partial charge in [-0.3, -0.25) is 4.72 Å². The summed E-state index contributed by atoms with van der Waals surface area (Å²) in [6.07, 6.45) is 9.16. The van der Waals surface area contributed by atoms with Gasteiger partial charge >= 0.3 is 0 Å². The minimum atomic E-state index is -1.10. The lowest BCUT2D eigenvalue weighted by Gasteiger charge is -2.36. The Morgan fingerprint density at radius 1 is 1.33 bits per heavy atom. The van der Waals surface area contributed by atoms with E-state index in [0.717, 1.165) is 11.7 Å². The Hall–Kier alpha value is -0.250. The van der Waals surface area contributed by atoms with Crippen LogP contribution in [-0.4, -0.2) is 23.5 Å². The molecule has 0 aromatic carbocycles. The molecule has 0 aromatic rings. The molecule has 2 rings (SSSR count). The lowest BCUT2D eigenvalue weighted by Crippen LogP contribution is -2.31. The molecule has 0 spiro atoms. The van der Waals surface area contributed by atoms with Gasteiger partial charge in [0.2, 0.25) is 0 Å². The zero-order valence-corrected chi connectivity index (χ0v) is 12.7. The van der Waals surface area contributed by atoms with E-state index in [1.165, 1.54) is 37.7 Å². The molecule has 1 fully saturated rings. The first-order valence-electron chi connectivity index (χ1n) is 7.06. The Kier molecular flexibility index (Phi) is 4.25. The normalized spacial score (nSPS) is 33.2. The van der Waals surface area contributed by atoms with Gasteiger partial charge in [0, 0.05) is 5.75 Å². The number of aliphatic hydroxyl groups is 1. The molecule has 0 aromatic heterocycles. The third-order valence-corrected chi connectivity index (χ3v) is 7.16. The van der Waals surface area contributed by atoms with Crippen LogP contribution in [0.2, 0.25) is 0 Å². The Morgan fingerprint density at radius 3 is 2.56 bits per heavy atom. The summed E-state index contributed by atoms with van der Waals surface area (Å²) in [6.45, 7) is 3.80. The van der Waals surface area contributed by atoms with Crippen LogP contribution in [0.3, 0.4) is 0 Å². The largest absolute Gasteiger partial charge is 0.390 e. The predicted octanol–water partition coefficient (Wildman–Crippen LogP) is 3.69. The zero-order chi connectivity index (χ0) is 13.2. The SMILES string of the molecule is CNS1(CC(C)(C)O)C=CC(C2CCCCC2)=C1. The fourth-order valence-electron chi connectivity index (χ4n) is 3.06. The van der Waals surface area contributed by atoms with Gasteiger partial charge in [-0.2, -0.15) is 0 Å². The topological polar surface area (TPSA) is 32.3 Å². The highest BCUT2D eigenvalue weighted by Crippen LogP contribution is 2.55. The van der Waals surface area contributed by atoms with Crippen LogP contribution < -0.4 is 4.72 Å². The third kappa shape index (κ3) is 3.40. The van der Waals surface area contributed by atoms with Gasteiger partial charge in [0.05, 0.1) is 5.60 Å². The Bertz CT molecular complexity index is 350. The molecule has 104 valence electrons. The van der Waals surface area contributed by atoms with E-state index >= 15 is 0 Å². The summed E-state index contributed by atoms with van der Waals surface area (Å²) in [5.41, 5.74) is 0.907. The Labute approximate surface area is 113 Å². The molecular weight excluding hydrogens is 242 g/mol. The van der Waals surface area contributed by atoms with Crippen LogP contribution in [-0.2, 0) is 0 Å². The van der Waals surface area contributed by atoms with E-state index in [-0.39, 0.29) is 0 Å². The monoisotopic (exact) mass is 269 g/mol. The van der Waals surface area contributed by atoms with E-state index < -0.39 is 15.8 Å². The number of hydrogen-bond acceptors (Lipinski definition) is 2. The van der Waals surface area contributed by atoms with Crippen molar-refractivity contribution in [1.82, 2.24) is 4.72 Å². The molecule has 1 atom stereocenters. The van der Waals surface area contributed by atoms with E-state index in [2.05, 4.69) is 21.6 Å². The number of rotatable bonds is 4. The summed E-state index contributed by atoms with van der Waals surface area (Å²) in [5.74, 6) is 1.57. The summed E-state index contributed by atoms with van der Waals surface area (Å²) in [4.78, 5) is 0. The van der Waals surface area contributed by atoms with E-state index in [0.29, 0.717) is 0 Å². The van der Waals surface area contributed by atoms with E-state index in [4.69, 9.17) is 0 Å². The molecule has 1 saturated carbocycles. The molecule has 2 nitrogen and oxygen atoms in total. The molecule has 3 heteroatoms. The molecule has 1 heterocycles. The van der Waals surface area contributed by atoms with Crippen molar-refractivity contribution in [3.05, 3.63) is 22.5 Å². The smallest absolute Gasteiger partial charge is 0.0684 e. The lowest BCUT2D eigenvalue weighted by atomic mass is 9.84. The summed E-state index contributed by atoms with van der Waals surface area (Å²) in [5, 5.41) is 14.8. The van der Waals surface area contributed by atoms with Gasteiger partial charge in [0.1, 0.15) is 0 Å². The molecule has 1 aliphatic heterocycles. The maximum atomic E-state index is 10.1. The number of allylic oxidation sites excluding steroid dienone is 2. The van der Waals surface area contributed by atoms with Crippen LogP contribution in [0.5, 0.6) is 0 Å². The predicted molar refractivity (Wildman–Crippen MR) is 81.6 cm³/mol. The molecule has 2 N–H and O–H groups in total. The molecule has 2 aliphatic rings. The Morgan fingerprint density at radius 2 is 2.00 bits per heavy atom. The maximum absolute atomic E-state index is 10.1. The first-order valence-corrected chi connectivity index (χ1v) is 8.99. The fraction of sp³-hybridized carbons (Fsp3) is 0.733. The molecule has 1 aliphatic carbocycles. The highest BCUT2D eigenvalue weighted by atomic mass is 32.3. The number of nitrogens with one attached hydrogen (secondary N) is 1. The van der Waals surface area contributed by atoms with Gasteiger partial charge in [-0.05, 0) is 56.0 Å². The Balaban J connectivity index is 2.11. The third-order valence-electron chi connectivity index (χ3n) is 3.90. The molecular formula is C15H27NOS. The van der Waals surface area contributed by atoms with Gasteiger partial charge in [0.25, 0.3) is 0 Å². The van der Waals surface area contributed by atoms with Crippen molar-refractivity contribution in [2.45, 2.75) is 51.6 Å². The van der Waals surface area contributed by atoms with Crippen molar-refractivity contribution in [1.29, 1.82) is 0 Å². The van der Waals surface area contributed by atoms with Gasteiger partial charge in [-0.1, -0.05) is 25.3 Å². The summed E-state index contributed by atoms with van der Waals surface area (Å²) in [7, 11) is 0.922. The van der Waals surface area contributed by atoms with Crippen molar-refractivity contribution in [3.63, 3.8) is 0 Å². The van der Waals surface area contributed by atoms with Crippen LogP contribution in [0, 0.1) is 5.92 Å². The standard InChI is InChI=1S/C15H27NOS/c1-15(2,17)12-18(16-3)10-9-14(11-18)13-7-5-4-6-8-13/h9-11,13,16-17H,4-8,12H2,1-3H3. The van der Waals surface area contributed by atoms with E-state index in [1.807, 2.05) is 20.9 Å². The molecule has 0 saturated heterocycles. The maximum Gasteiger partial charge on any atom is 0.0684 e. The second-order valence-electron chi connectivity index (χ2n) is 6.27. The van der Waals surface area contributed by atoms with E-state index in [9.17, 15) is 5.11 Å². The first-order chi connectivity index (χ1) is 8.44. The molecule has 0 bridgehead atoms. The second kappa shape index (κ2) is 5.40. The molecule has 0 amide bonds. The van der Waals surface area contributed by atoms with Crippen molar-refractivity contribution >= 4 is 10.2 Å². The van der Waals surface area contributed by atoms with Crippen molar-refractivity contribution in [2.24, 2.45) is 5.92 Å². The quantitative estimate of drug-likeness (QED) is 0.816. The van der Waals surface area contributed by atoms with Crippen LogP contribution in [0.1, 0.15) is 46.0 Å². The minimum absolute atomic E-state index is 0.610. The highest BCUT2D eigenvalue weighted by Gasteiger charge is 2.30. The van der Waals surface area contributed by atoms with Crippen LogP contribution in [0.4, 0.5) is 0 Å². The summed E-state index contributed by atoms with van der Waals surface area (Å²) >= 11 is 0. The molecule has 0 radical (unpaired) electrons. The fourth-order valence-corrected chi connectivity index (χ4v) is 6.05.